The Hall–Kier alpha value is -0.490. The first kappa shape index (κ1) is 9.08. The molecule has 0 aromatic heterocycles. The molecule has 2 atom stereocenters. The van der Waals surface area contributed by atoms with E-state index in [2.05, 4.69) is 37.3 Å². The molecule has 0 amide bonds. The molecule has 0 spiro atoms. The fraction of sp³-hybridized carbons (Fsp3) is 0.500. The molecule has 1 heteroatoms. The summed E-state index contributed by atoms with van der Waals surface area (Å²) in [7, 11) is 0. The molecule has 1 fully saturated rings. The van der Waals surface area contributed by atoms with E-state index in [1.807, 2.05) is 0 Å². The van der Waals surface area contributed by atoms with Crippen LogP contribution < -0.4 is 0 Å². The molecule has 0 aliphatic heterocycles. The standard InChI is InChI=1S/C12H15Cl/c1-2-12(8-11(12)9-13)10-6-4-3-5-7-10/h3-7,11H,2,8-9H2,1H3. The molecular weight excluding hydrogens is 180 g/mol. The molecule has 1 saturated carbocycles. The lowest BCUT2D eigenvalue weighted by molar-refractivity contribution is 0.609. The Morgan fingerprint density at radius 3 is 2.54 bits per heavy atom. The summed E-state index contributed by atoms with van der Waals surface area (Å²) in [5.41, 5.74) is 1.89. The van der Waals surface area contributed by atoms with Crippen molar-refractivity contribution >= 4 is 11.6 Å². The summed E-state index contributed by atoms with van der Waals surface area (Å²) >= 11 is 5.91. The van der Waals surface area contributed by atoms with Gasteiger partial charge in [-0.3, -0.25) is 0 Å². The van der Waals surface area contributed by atoms with Crippen molar-refractivity contribution in [3.05, 3.63) is 35.9 Å². The van der Waals surface area contributed by atoms with E-state index in [0.717, 1.165) is 5.88 Å². The predicted molar refractivity (Wildman–Crippen MR) is 57.2 cm³/mol. The van der Waals surface area contributed by atoms with E-state index >= 15 is 0 Å². The van der Waals surface area contributed by atoms with Crippen molar-refractivity contribution in [3.63, 3.8) is 0 Å². The van der Waals surface area contributed by atoms with Crippen LogP contribution in [0.2, 0.25) is 0 Å². The molecule has 2 unspecified atom stereocenters. The van der Waals surface area contributed by atoms with Crippen molar-refractivity contribution in [2.45, 2.75) is 25.2 Å². The molecule has 1 aromatic rings. The van der Waals surface area contributed by atoms with Crippen LogP contribution in [0.4, 0.5) is 0 Å². The first-order valence-electron chi connectivity index (χ1n) is 4.95. The zero-order valence-corrected chi connectivity index (χ0v) is 8.72. The van der Waals surface area contributed by atoms with Gasteiger partial charge in [-0.15, -0.1) is 11.6 Å². The van der Waals surface area contributed by atoms with Crippen LogP contribution in [0.15, 0.2) is 30.3 Å². The summed E-state index contributed by atoms with van der Waals surface area (Å²) in [6, 6.07) is 10.8. The summed E-state index contributed by atoms with van der Waals surface area (Å²) in [4.78, 5) is 0. The average Bonchev–Trinajstić information content (AvgIpc) is 2.94. The highest BCUT2D eigenvalue weighted by Gasteiger charge is 2.52. The Labute approximate surface area is 84.9 Å². The lowest BCUT2D eigenvalue weighted by atomic mass is 9.91. The van der Waals surface area contributed by atoms with Gasteiger partial charge in [-0.2, -0.15) is 0 Å². The third-order valence-electron chi connectivity index (χ3n) is 3.40. The topological polar surface area (TPSA) is 0 Å². The highest BCUT2D eigenvalue weighted by Crippen LogP contribution is 2.56. The van der Waals surface area contributed by atoms with Gasteiger partial charge in [0.2, 0.25) is 0 Å². The van der Waals surface area contributed by atoms with E-state index in [1.165, 1.54) is 18.4 Å². The quantitative estimate of drug-likeness (QED) is 0.646. The Bertz CT molecular complexity index is 280. The van der Waals surface area contributed by atoms with E-state index in [4.69, 9.17) is 11.6 Å². The van der Waals surface area contributed by atoms with Crippen LogP contribution in [0.5, 0.6) is 0 Å². The number of alkyl halides is 1. The van der Waals surface area contributed by atoms with E-state index in [0.29, 0.717) is 11.3 Å². The van der Waals surface area contributed by atoms with E-state index in [-0.39, 0.29) is 0 Å². The molecule has 13 heavy (non-hydrogen) atoms. The predicted octanol–water partition coefficient (Wildman–Crippen LogP) is 3.59. The molecule has 0 N–H and O–H groups in total. The minimum absolute atomic E-state index is 0.420. The second kappa shape index (κ2) is 3.34. The molecule has 0 radical (unpaired) electrons. The van der Waals surface area contributed by atoms with Gasteiger partial charge in [0.15, 0.2) is 0 Å². The molecule has 0 bridgehead atoms. The van der Waals surface area contributed by atoms with Gasteiger partial charge in [-0.25, -0.2) is 0 Å². The summed E-state index contributed by atoms with van der Waals surface area (Å²) < 4.78 is 0. The number of benzene rings is 1. The zero-order chi connectivity index (χ0) is 9.31. The van der Waals surface area contributed by atoms with Crippen molar-refractivity contribution in [3.8, 4) is 0 Å². The maximum Gasteiger partial charge on any atom is 0.0260 e. The van der Waals surface area contributed by atoms with E-state index in [9.17, 15) is 0 Å². The second-order valence-electron chi connectivity index (χ2n) is 3.93. The molecule has 1 aliphatic carbocycles. The third-order valence-corrected chi connectivity index (χ3v) is 3.77. The number of halogens is 1. The Balaban J connectivity index is 2.25. The summed E-state index contributed by atoms with van der Waals surface area (Å²) in [5, 5.41) is 0. The second-order valence-corrected chi connectivity index (χ2v) is 4.24. The van der Waals surface area contributed by atoms with Crippen molar-refractivity contribution in [2.24, 2.45) is 5.92 Å². The molecule has 2 rings (SSSR count). The van der Waals surface area contributed by atoms with Gasteiger partial charge in [0.25, 0.3) is 0 Å². The fourth-order valence-electron chi connectivity index (χ4n) is 2.34. The minimum atomic E-state index is 0.420. The molecule has 1 aromatic carbocycles. The lowest BCUT2D eigenvalue weighted by Gasteiger charge is -2.14. The Morgan fingerprint density at radius 2 is 2.08 bits per heavy atom. The van der Waals surface area contributed by atoms with Crippen LogP contribution in [0.1, 0.15) is 25.3 Å². The largest absolute Gasteiger partial charge is 0.126 e. The number of hydrogen-bond acceptors (Lipinski definition) is 0. The van der Waals surface area contributed by atoms with Crippen LogP contribution in [-0.4, -0.2) is 5.88 Å². The van der Waals surface area contributed by atoms with Gasteiger partial charge in [-0.1, -0.05) is 37.3 Å². The van der Waals surface area contributed by atoms with Gasteiger partial charge in [0.1, 0.15) is 0 Å². The molecule has 0 nitrogen and oxygen atoms in total. The molecule has 0 heterocycles. The maximum absolute atomic E-state index is 5.91. The molecular formula is C12H15Cl. The maximum atomic E-state index is 5.91. The van der Waals surface area contributed by atoms with Gasteiger partial charge in [0, 0.05) is 5.88 Å². The Morgan fingerprint density at radius 1 is 1.38 bits per heavy atom. The van der Waals surface area contributed by atoms with Crippen molar-refractivity contribution in [1.29, 1.82) is 0 Å². The molecule has 70 valence electrons. The number of hydrogen-bond donors (Lipinski definition) is 0. The van der Waals surface area contributed by atoms with Gasteiger partial charge < -0.3 is 0 Å². The summed E-state index contributed by atoms with van der Waals surface area (Å²) in [6.45, 7) is 2.26. The van der Waals surface area contributed by atoms with Gasteiger partial charge >= 0.3 is 0 Å². The molecule has 1 aliphatic rings. The Kier molecular flexibility index (Phi) is 2.33. The lowest BCUT2D eigenvalue weighted by Crippen LogP contribution is -2.08. The summed E-state index contributed by atoms with van der Waals surface area (Å²) in [6.07, 6.45) is 2.49. The van der Waals surface area contributed by atoms with Gasteiger partial charge in [0.05, 0.1) is 0 Å². The van der Waals surface area contributed by atoms with Crippen molar-refractivity contribution in [2.75, 3.05) is 5.88 Å². The van der Waals surface area contributed by atoms with Crippen molar-refractivity contribution < 1.29 is 0 Å². The smallest absolute Gasteiger partial charge is 0.0260 e. The van der Waals surface area contributed by atoms with Gasteiger partial charge in [-0.05, 0) is 29.7 Å². The normalized spacial score (nSPS) is 31.7. The highest BCUT2D eigenvalue weighted by molar-refractivity contribution is 6.18. The van der Waals surface area contributed by atoms with E-state index in [1.54, 1.807) is 0 Å². The van der Waals surface area contributed by atoms with E-state index < -0.39 is 0 Å². The summed E-state index contributed by atoms with van der Waals surface area (Å²) in [5.74, 6) is 1.52. The highest BCUT2D eigenvalue weighted by atomic mass is 35.5. The van der Waals surface area contributed by atoms with Crippen LogP contribution >= 0.6 is 11.6 Å². The average molecular weight is 195 g/mol. The monoisotopic (exact) mass is 194 g/mol. The van der Waals surface area contributed by atoms with Crippen LogP contribution in [0.25, 0.3) is 0 Å². The van der Waals surface area contributed by atoms with Crippen LogP contribution in [0, 0.1) is 5.92 Å². The fourth-order valence-corrected chi connectivity index (χ4v) is 2.75. The minimum Gasteiger partial charge on any atom is -0.126 e. The SMILES string of the molecule is CCC1(c2ccccc2)CC1CCl. The zero-order valence-electron chi connectivity index (χ0n) is 7.96. The molecule has 0 saturated heterocycles. The third kappa shape index (κ3) is 1.38. The van der Waals surface area contributed by atoms with Crippen LogP contribution in [-0.2, 0) is 5.41 Å². The van der Waals surface area contributed by atoms with Crippen LogP contribution in [0.3, 0.4) is 0 Å². The first-order chi connectivity index (χ1) is 6.33. The van der Waals surface area contributed by atoms with Crippen molar-refractivity contribution in [1.82, 2.24) is 0 Å². The first-order valence-corrected chi connectivity index (χ1v) is 5.48. The number of rotatable bonds is 3.